The molecule has 0 aromatic rings. The van der Waals surface area contributed by atoms with E-state index in [1.165, 1.54) is 0 Å². The van der Waals surface area contributed by atoms with E-state index < -0.39 is 12.0 Å². The van der Waals surface area contributed by atoms with Gasteiger partial charge in [0, 0.05) is 0 Å². The molecule has 1 saturated heterocycles. The van der Waals surface area contributed by atoms with Crippen LogP contribution < -0.4 is 0 Å². The molecule has 0 aromatic heterocycles. The van der Waals surface area contributed by atoms with Crippen molar-refractivity contribution in [3.05, 3.63) is 0 Å². The molecule has 1 fully saturated rings. The van der Waals surface area contributed by atoms with E-state index >= 15 is 0 Å². The molecule has 3 nitrogen and oxygen atoms in total. The second-order valence-corrected chi connectivity index (χ2v) is 1.83. The first kappa shape index (κ1) is 5.72. The van der Waals surface area contributed by atoms with Crippen molar-refractivity contribution in [2.24, 2.45) is 5.92 Å². The first-order valence-electron chi connectivity index (χ1n) is 2.48. The summed E-state index contributed by atoms with van der Waals surface area (Å²) in [7, 11) is 0. The molecule has 1 heterocycles. The van der Waals surface area contributed by atoms with E-state index in [9.17, 15) is 4.79 Å². The van der Waals surface area contributed by atoms with Gasteiger partial charge in [-0.15, -0.1) is 0 Å². The maximum atomic E-state index is 9.85. The van der Waals surface area contributed by atoms with Gasteiger partial charge >= 0.3 is 0 Å². The average molecular weight is 115 g/mol. The molecule has 45 valence electrons. The van der Waals surface area contributed by atoms with E-state index in [-0.39, 0.29) is 6.61 Å². The zero-order valence-corrected chi connectivity index (χ0v) is 4.33. The van der Waals surface area contributed by atoms with Crippen LogP contribution in [0.15, 0.2) is 0 Å². The predicted octanol–water partition coefficient (Wildman–Crippen LogP) is -0.897. The largest absolute Gasteiger partial charge is 0.390 e. The van der Waals surface area contributed by atoms with Gasteiger partial charge in [-0.3, -0.25) is 4.79 Å². The number of carbonyl (C=O) groups excluding carboxylic acids is 1. The minimum absolute atomic E-state index is 0.278. The normalized spacial score (nSPS) is 37.6. The Bertz CT molecular complexity index is 91.7. The molecule has 1 rings (SSSR count). The lowest BCUT2D eigenvalue weighted by molar-refractivity contribution is 0.124. The van der Waals surface area contributed by atoms with Gasteiger partial charge in [0.2, 0.25) is 6.29 Å². The monoisotopic (exact) mass is 115 g/mol. The summed E-state index contributed by atoms with van der Waals surface area (Å²) in [5, 5.41) is 8.80. The van der Waals surface area contributed by atoms with E-state index in [2.05, 4.69) is 0 Å². The SMILES string of the molecule is O=[C]C1COCC1O. The fraction of sp³-hybridized carbons (Fsp3) is 0.800. The van der Waals surface area contributed by atoms with Crippen molar-refractivity contribution < 1.29 is 14.6 Å². The first-order valence-corrected chi connectivity index (χ1v) is 2.48. The quantitative estimate of drug-likeness (QED) is 0.482. The fourth-order valence-corrected chi connectivity index (χ4v) is 0.656. The van der Waals surface area contributed by atoms with Crippen LogP contribution in [0.3, 0.4) is 0 Å². The Balaban J connectivity index is 2.41. The summed E-state index contributed by atoms with van der Waals surface area (Å²) in [6, 6.07) is 0. The van der Waals surface area contributed by atoms with Gasteiger partial charge in [-0.05, 0) is 0 Å². The number of aliphatic hydroxyl groups excluding tert-OH is 1. The molecule has 3 heteroatoms. The molecule has 2 atom stereocenters. The molecule has 0 bridgehead atoms. The highest BCUT2D eigenvalue weighted by Crippen LogP contribution is 2.09. The maximum absolute atomic E-state index is 9.85. The van der Waals surface area contributed by atoms with Gasteiger partial charge in [-0.25, -0.2) is 0 Å². The van der Waals surface area contributed by atoms with E-state index in [0.717, 1.165) is 0 Å². The van der Waals surface area contributed by atoms with E-state index in [4.69, 9.17) is 9.84 Å². The van der Waals surface area contributed by atoms with Crippen molar-refractivity contribution in [2.75, 3.05) is 13.2 Å². The summed E-state index contributed by atoms with van der Waals surface area (Å²) in [6.45, 7) is 0.602. The van der Waals surface area contributed by atoms with Crippen LogP contribution in [0.5, 0.6) is 0 Å². The molecule has 1 aliphatic heterocycles. The molecule has 1 aliphatic rings. The van der Waals surface area contributed by atoms with Gasteiger partial charge in [0.05, 0.1) is 25.2 Å². The molecule has 0 aromatic carbocycles. The van der Waals surface area contributed by atoms with Gasteiger partial charge in [0.1, 0.15) is 0 Å². The number of hydrogen-bond acceptors (Lipinski definition) is 3. The highest BCUT2D eigenvalue weighted by molar-refractivity contribution is 5.56. The molecule has 0 spiro atoms. The van der Waals surface area contributed by atoms with Crippen LogP contribution in [0.25, 0.3) is 0 Å². The first-order chi connectivity index (χ1) is 3.84. The van der Waals surface area contributed by atoms with Gasteiger partial charge in [0.25, 0.3) is 0 Å². The Morgan fingerprint density at radius 2 is 2.38 bits per heavy atom. The second-order valence-electron chi connectivity index (χ2n) is 1.83. The maximum Gasteiger partial charge on any atom is 0.206 e. The number of hydrogen-bond donors (Lipinski definition) is 1. The Kier molecular flexibility index (Phi) is 1.60. The lowest BCUT2D eigenvalue weighted by atomic mass is 10.1. The van der Waals surface area contributed by atoms with Gasteiger partial charge in [-0.2, -0.15) is 0 Å². The minimum atomic E-state index is -0.618. The Morgan fingerprint density at radius 3 is 2.62 bits per heavy atom. The topological polar surface area (TPSA) is 46.5 Å². The Labute approximate surface area is 47.3 Å². The molecule has 0 saturated carbocycles. The third-order valence-corrected chi connectivity index (χ3v) is 1.20. The summed E-state index contributed by atoms with van der Waals surface area (Å²) in [5.74, 6) is -0.407. The molecule has 0 aliphatic carbocycles. The molecule has 1 N–H and O–H groups in total. The zero-order chi connectivity index (χ0) is 5.98. The van der Waals surface area contributed by atoms with Crippen LogP contribution in [0.1, 0.15) is 0 Å². The van der Waals surface area contributed by atoms with Crippen molar-refractivity contribution in [3.8, 4) is 0 Å². The van der Waals surface area contributed by atoms with E-state index in [0.29, 0.717) is 6.61 Å². The van der Waals surface area contributed by atoms with Gasteiger partial charge < -0.3 is 9.84 Å². The van der Waals surface area contributed by atoms with E-state index in [1.54, 1.807) is 6.29 Å². The zero-order valence-electron chi connectivity index (χ0n) is 4.33. The van der Waals surface area contributed by atoms with Crippen LogP contribution in [0.2, 0.25) is 0 Å². The second kappa shape index (κ2) is 2.24. The summed E-state index contributed by atoms with van der Waals surface area (Å²) in [4.78, 5) is 9.85. The predicted molar refractivity (Wildman–Crippen MR) is 26.0 cm³/mol. The van der Waals surface area contributed by atoms with Crippen molar-refractivity contribution >= 4 is 6.29 Å². The highest BCUT2D eigenvalue weighted by atomic mass is 16.5. The van der Waals surface area contributed by atoms with Gasteiger partial charge in [-0.1, -0.05) is 0 Å². The van der Waals surface area contributed by atoms with Crippen molar-refractivity contribution in [2.45, 2.75) is 6.10 Å². The third-order valence-electron chi connectivity index (χ3n) is 1.20. The Morgan fingerprint density at radius 1 is 1.62 bits per heavy atom. The van der Waals surface area contributed by atoms with E-state index in [1.807, 2.05) is 0 Å². The number of ether oxygens (including phenoxy) is 1. The Hall–Kier alpha value is -0.410. The summed E-state index contributed by atoms with van der Waals surface area (Å²) >= 11 is 0. The summed E-state index contributed by atoms with van der Waals surface area (Å²) in [6.07, 6.45) is 1.07. The number of aliphatic hydroxyl groups is 1. The lowest BCUT2D eigenvalue weighted by Crippen LogP contribution is -2.18. The van der Waals surface area contributed by atoms with Crippen LogP contribution in [0, 0.1) is 5.92 Å². The molecule has 8 heavy (non-hydrogen) atoms. The number of rotatable bonds is 1. The van der Waals surface area contributed by atoms with Crippen LogP contribution in [-0.2, 0) is 9.53 Å². The van der Waals surface area contributed by atoms with Crippen molar-refractivity contribution in [1.82, 2.24) is 0 Å². The van der Waals surface area contributed by atoms with Crippen LogP contribution in [-0.4, -0.2) is 30.7 Å². The third kappa shape index (κ3) is 0.877. The van der Waals surface area contributed by atoms with Crippen LogP contribution >= 0.6 is 0 Å². The molecule has 2 unspecified atom stereocenters. The van der Waals surface area contributed by atoms with Gasteiger partial charge in [0.15, 0.2) is 0 Å². The summed E-state index contributed by atoms with van der Waals surface area (Å²) < 4.78 is 4.75. The smallest absolute Gasteiger partial charge is 0.206 e. The molecule has 1 radical (unpaired) electrons. The minimum Gasteiger partial charge on any atom is -0.390 e. The lowest BCUT2D eigenvalue weighted by Gasteiger charge is -1.98. The molecular formula is C5H7O3. The molecule has 0 amide bonds. The summed E-state index contributed by atoms with van der Waals surface area (Å²) in [5.41, 5.74) is 0. The average Bonchev–Trinajstić information content (AvgIpc) is 2.14. The standard InChI is InChI=1S/C5H7O3/c6-1-4-2-8-3-5(4)7/h4-5,7H,2-3H2. The van der Waals surface area contributed by atoms with Crippen LogP contribution in [0.4, 0.5) is 0 Å². The highest BCUT2D eigenvalue weighted by Gasteiger charge is 2.25. The van der Waals surface area contributed by atoms with Crippen molar-refractivity contribution in [1.29, 1.82) is 0 Å². The fourth-order valence-electron chi connectivity index (χ4n) is 0.656. The molecular weight excluding hydrogens is 108 g/mol. The van der Waals surface area contributed by atoms with Crippen molar-refractivity contribution in [3.63, 3.8) is 0 Å².